The topological polar surface area (TPSA) is 20.2 Å². The van der Waals surface area contributed by atoms with Gasteiger partial charge in [0.2, 0.25) is 0 Å². The molecule has 1 heteroatoms. The van der Waals surface area contributed by atoms with Crippen LogP contribution in [-0.4, -0.2) is 5.11 Å². The highest BCUT2D eigenvalue weighted by molar-refractivity contribution is 5.26. The fraction of sp³-hybridized carbons (Fsp3) is 0.333. The van der Waals surface area contributed by atoms with Crippen molar-refractivity contribution < 1.29 is 5.11 Å². The van der Waals surface area contributed by atoms with Crippen molar-refractivity contribution in [1.82, 2.24) is 0 Å². The molecule has 0 bridgehead atoms. The Morgan fingerprint density at radius 2 is 2.10 bits per heavy atom. The second-order valence-corrected chi connectivity index (χ2v) is 2.02. The molecule has 0 aliphatic carbocycles. The Bertz CT molecular complexity index is 194. The molecule has 0 aliphatic rings. The molecule has 0 heterocycles. The van der Waals surface area contributed by atoms with Gasteiger partial charge in [-0.3, -0.25) is 0 Å². The van der Waals surface area contributed by atoms with Gasteiger partial charge in [0.15, 0.2) is 0 Å². The summed E-state index contributed by atoms with van der Waals surface area (Å²) in [5.41, 5.74) is 1.18. The van der Waals surface area contributed by atoms with Crippen molar-refractivity contribution in [3.63, 3.8) is 0 Å². The summed E-state index contributed by atoms with van der Waals surface area (Å²) >= 11 is 0. The van der Waals surface area contributed by atoms with Gasteiger partial charge in [-0.1, -0.05) is 26.5 Å². The van der Waals surface area contributed by atoms with Gasteiger partial charge in [-0.05, 0) is 24.1 Å². The third-order valence-corrected chi connectivity index (χ3v) is 1.32. The Labute approximate surface area is 62.3 Å². The van der Waals surface area contributed by atoms with E-state index in [1.54, 1.807) is 12.1 Å². The summed E-state index contributed by atoms with van der Waals surface area (Å²) < 4.78 is 0. The first-order valence-corrected chi connectivity index (χ1v) is 3.11. The van der Waals surface area contributed by atoms with E-state index >= 15 is 0 Å². The average Bonchev–Trinajstić information content (AvgIpc) is 1.88. The maximum absolute atomic E-state index is 8.94. The number of benzene rings is 1. The highest BCUT2D eigenvalue weighted by Crippen LogP contribution is 2.10. The minimum absolute atomic E-state index is 0. The normalized spacial score (nSPS) is 8.50. The number of aromatic hydroxyl groups is 1. The maximum atomic E-state index is 8.94. The molecule has 1 aromatic rings. The number of hydrogen-bond acceptors (Lipinski definition) is 1. The highest BCUT2D eigenvalue weighted by atomic mass is 16.3. The lowest BCUT2D eigenvalue weighted by Crippen LogP contribution is -1.75. The van der Waals surface area contributed by atoms with E-state index in [1.165, 1.54) is 5.56 Å². The summed E-state index contributed by atoms with van der Waals surface area (Å²) in [6, 6.07) is 7.31. The van der Waals surface area contributed by atoms with Gasteiger partial charge in [0.05, 0.1) is 0 Å². The Kier molecular flexibility index (Phi) is 3.55. The zero-order valence-corrected chi connectivity index (χ0v) is 5.46. The van der Waals surface area contributed by atoms with Crippen molar-refractivity contribution >= 4 is 0 Å². The van der Waals surface area contributed by atoms with E-state index in [9.17, 15) is 0 Å². The first-order valence-electron chi connectivity index (χ1n) is 3.11. The molecule has 0 atom stereocenters. The molecule has 0 amide bonds. The predicted molar refractivity (Wildman–Crippen MR) is 44.2 cm³/mol. The zero-order valence-electron chi connectivity index (χ0n) is 5.46. The van der Waals surface area contributed by atoms with E-state index < -0.39 is 0 Å². The summed E-state index contributed by atoms with van der Waals surface area (Å²) in [4.78, 5) is 0. The Morgan fingerprint density at radius 1 is 1.40 bits per heavy atom. The fourth-order valence-corrected chi connectivity index (χ4v) is 0.776. The van der Waals surface area contributed by atoms with E-state index in [4.69, 9.17) is 5.11 Å². The summed E-state index contributed by atoms with van der Waals surface area (Å²) in [6.45, 7) is 2.06. The van der Waals surface area contributed by atoms with Crippen LogP contribution in [0.25, 0.3) is 0 Å². The van der Waals surface area contributed by atoms with Crippen LogP contribution in [0.2, 0.25) is 0 Å². The molecule has 0 saturated heterocycles. The van der Waals surface area contributed by atoms with Crippen molar-refractivity contribution in [2.45, 2.75) is 20.8 Å². The molecular formula is C9H14O. The first-order chi connectivity index (χ1) is 4.33. The molecule has 1 nitrogen and oxygen atoms in total. The van der Waals surface area contributed by atoms with Gasteiger partial charge in [0.1, 0.15) is 5.75 Å². The molecule has 56 valence electrons. The van der Waals surface area contributed by atoms with Crippen LogP contribution < -0.4 is 0 Å². The minimum atomic E-state index is 0. The van der Waals surface area contributed by atoms with Crippen molar-refractivity contribution in [2.24, 2.45) is 0 Å². The van der Waals surface area contributed by atoms with E-state index in [2.05, 4.69) is 6.92 Å². The first kappa shape index (κ1) is 9.02. The third kappa shape index (κ3) is 2.09. The molecule has 0 fully saturated rings. The van der Waals surface area contributed by atoms with Gasteiger partial charge in [-0.2, -0.15) is 0 Å². The molecule has 1 rings (SSSR count). The molecular weight excluding hydrogens is 124 g/mol. The standard InChI is InChI=1S/C8H10O.CH4/c1-2-7-4-3-5-8(9)6-7;/h3-6,9H,2H2,1H3;1H4. The summed E-state index contributed by atoms with van der Waals surface area (Å²) in [7, 11) is 0. The van der Waals surface area contributed by atoms with Gasteiger partial charge in [0, 0.05) is 0 Å². The molecule has 0 aliphatic heterocycles. The monoisotopic (exact) mass is 138 g/mol. The Morgan fingerprint density at radius 3 is 2.50 bits per heavy atom. The van der Waals surface area contributed by atoms with Crippen LogP contribution >= 0.6 is 0 Å². The SMILES string of the molecule is C.CCc1cccc(O)c1. The molecule has 1 aromatic carbocycles. The van der Waals surface area contributed by atoms with Crippen molar-refractivity contribution in [3.8, 4) is 5.75 Å². The number of aryl methyl sites for hydroxylation is 1. The Hall–Kier alpha value is -0.980. The lowest BCUT2D eigenvalue weighted by atomic mass is 10.2. The lowest BCUT2D eigenvalue weighted by Gasteiger charge is -1.94. The molecule has 0 radical (unpaired) electrons. The summed E-state index contributed by atoms with van der Waals surface area (Å²) in [6.07, 6.45) is 0.981. The van der Waals surface area contributed by atoms with E-state index in [0.717, 1.165) is 6.42 Å². The zero-order chi connectivity index (χ0) is 6.69. The number of hydrogen-bond donors (Lipinski definition) is 1. The molecule has 0 unspecified atom stereocenters. The molecule has 1 N–H and O–H groups in total. The van der Waals surface area contributed by atoms with Crippen LogP contribution in [0.4, 0.5) is 0 Å². The number of phenols is 1. The second-order valence-electron chi connectivity index (χ2n) is 2.02. The van der Waals surface area contributed by atoms with Crippen LogP contribution in [0.15, 0.2) is 24.3 Å². The predicted octanol–water partition coefficient (Wildman–Crippen LogP) is 2.59. The third-order valence-electron chi connectivity index (χ3n) is 1.32. The smallest absolute Gasteiger partial charge is 0.115 e. The van der Waals surface area contributed by atoms with E-state index in [-0.39, 0.29) is 7.43 Å². The van der Waals surface area contributed by atoms with Crippen LogP contribution in [0.5, 0.6) is 5.75 Å². The van der Waals surface area contributed by atoms with Crippen LogP contribution in [0.1, 0.15) is 19.9 Å². The van der Waals surface area contributed by atoms with Gasteiger partial charge in [0.25, 0.3) is 0 Å². The number of rotatable bonds is 1. The van der Waals surface area contributed by atoms with E-state index in [0.29, 0.717) is 5.75 Å². The summed E-state index contributed by atoms with van der Waals surface area (Å²) in [5, 5.41) is 8.94. The molecule has 0 spiro atoms. The Balaban J connectivity index is 0.000000810. The fourth-order valence-electron chi connectivity index (χ4n) is 0.776. The quantitative estimate of drug-likeness (QED) is 0.632. The van der Waals surface area contributed by atoms with Crippen molar-refractivity contribution in [1.29, 1.82) is 0 Å². The van der Waals surface area contributed by atoms with Gasteiger partial charge >= 0.3 is 0 Å². The number of phenolic OH excluding ortho intramolecular Hbond substituents is 1. The second kappa shape index (κ2) is 3.94. The minimum Gasteiger partial charge on any atom is -0.508 e. The molecule has 0 aromatic heterocycles. The lowest BCUT2D eigenvalue weighted by molar-refractivity contribution is 0.474. The maximum Gasteiger partial charge on any atom is 0.115 e. The van der Waals surface area contributed by atoms with E-state index in [1.807, 2.05) is 12.1 Å². The van der Waals surface area contributed by atoms with Crippen LogP contribution in [0, 0.1) is 0 Å². The van der Waals surface area contributed by atoms with Gasteiger partial charge in [-0.25, -0.2) is 0 Å². The molecule has 10 heavy (non-hydrogen) atoms. The largest absolute Gasteiger partial charge is 0.508 e. The summed E-state index contributed by atoms with van der Waals surface area (Å²) in [5.74, 6) is 0.356. The van der Waals surface area contributed by atoms with Gasteiger partial charge in [-0.15, -0.1) is 0 Å². The average molecular weight is 138 g/mol. The van der Waals surface area contributed by atoms with Gasteiger partial charge < -0.3 is 5.11 Å². The van der Waals surface area contributed by atoms with Crippen LogP contribution in [0.3, 0.4) is 0 Å². The van der Waals surface area contributed by atoms with Crippen LogP contribution in [-0.2, 0) is 6.42 Å². The van der Waals surface area contributed by atoms with Crippen molar-refractivity contribution in [2.75, 3.05) is 0 Å². The highest BCUT2D eigenvalue weighted by Gasteiger charge is 1.87. The van der Waals surface area contributed by atoms with Crippen molar-refractivity contribution in [3.05, 3.63) is 29.8 Å². The molecule has 0 saturated carbocycles.